The molecule has 0 bridgehead atoms. The predicted molar refractivity (Wildman–Crippen MR) is 90.1 cm³/mol. The summed E-state index contributed by atoms with van der Waals surface area (Å²) in [6, 6.07) is 16.1. The minimum absolute atomic E-state index is 0.785. The summed E-state index contributed by atoms with van der Waals surface area (Å²) >= 11 is 0. The quantitative estimate of drug-likeness (QED) is 0.686. The number of rotatable bonds is 5. The lowest BCUT2D eigenvalue weighted by Crippen LogP contribution is -1.98. The molecule has 22 heavy (non-hydrogen) atoms. The van der Waals surface area contributed by atoms with E-state index in [1.54, 1.807) is 7.11 Å². The molecule has 0 saturated carbocycles. The summed E-state index contributed by atoms with van der Waals surface area (Å²) in [6.07, 6.45) is 3.29. The lowest BCUT2D eigenvalue weighted by atomic mass is 10.1. The molecule has 0 spiro atoms. The van der Waals surface area contributed by atoms with Gasteiger partial charge in [0.05, 0.1) is 18.3 Å². The van der Waals surface area contributed by atoms with Crippen LogP contribution in [0.15, 0.2) is 48.5 Å². The number of hydrogen-bond acceptors (Lipinski definition) is 3. The molecule has 0 saturated heterocycles. The second kappa shape index (κ2) is 6.56. The summed E-state index contributed by atoms with van der Waals surface area (Å²) in [7, 11) is 1.67. The molecule has 3 nitrogen and oxygen atoms in total. The molecule has 2 aromatic carbocycles. The number of aryl methyl sites for hydroxylation is 1. The summed E-state index contributed by atoms with van der Waals surface area (Å²) in [5, 5.41) is 1.16. The molecule has 112 valence electrons. The van der Waals surface area contributed by atoms with Crippen LogP contribution < -0.4 is 4.74 Å². The maximum absolute atomic E-state index is 5.21. The second-order valence-electron chi connectivity index (χ2n) is 5.34. The molecule has 3 heteroatoms. The third-order valence-electron chi connectivity index (χ3n) is 3.80. The minimum atomic E-state index is 0.785. The van der Waals surface area contributed by atoms with Gasteiger partial charge in [0, 0.05) is 10.9 Å². The smallest absolute Gasteiger partial charge is 0.160 e. The third-order valence-corrected chi connectivity index (χ3v) is 3.80. The van der Waals surface area contributed by atoms with Crippen molar-refractivity contribution in [3.8, 4) is 17.1 Å². The highest BCUT2D eigenvalue weighted by Gasteiger charge is 2.09. The largest absolute Gasteiger partial charge is 0.497 e. The van der Waals surface area contributed by atoms with E-state index < -0.39 is 0 Å². The van der Waals surface area contributed by atoms with Gasteiger partial charge in [-0.25, -0.2) is 9.97 Å². The molecule has 0 atom stereocenters. The Morgan fingerprint density at radius 2 is 1.73 bits per heavy atom. The van der Waals surface area contributed by atoms with Crippen LogP contribution in [-0.4, -0.2) is 17.1 Å². The SMILES string of the molecule is CCCCc1nc(-c2ccc(OC)cc2)nc2ccccc12. The number of benzene rings is 2. The van der Waals surface area contributed by atoms with Crippen LogP contribution in [0.25, 0.3) is 22.3 Å². The van der Waals surface area contributed by atoms with E-state index >= 15 is 0 Å². The Morgan fingerprint density at radius 1 is 0.955 bits per heavy atom. The second-order valence-corrected chi connectivity index (χ2v) is 5.34. The standard InChI is InChI=1S/C19H20N2O/c1-3-4-8-17-16-7-5-6-9-18(16)21-19(20-17)14-10-12-15(22-2)13-11-14/h5-7,9-13H,3-4,8H2,1-2H3. The van der Waals surface area contributed by atoms with Crippen molar-refractivity contribution in [3.63, 3.8) is 0 Å². The summed E-state index contributed by atoms with van der Waals surface area (Å²) < 4.78 is 5.21. The van der Waals surface area contributed by atoms with Crippen molar-refractivity contribution in [2.24, 2.45) is 0 Å². The Morgan fingerprint density at radius 3 is 2.45 bits per heavy atom. The zero-order valence-corrected chi connectivity index (χ0v) is 13.0. The van der Waals surface area contributed by atoms with Gasteiger partial charge in [-0.1, -0.05) is 31.5 Å². The minimum Gasteiger partial charge on any atom is -0.497 e. The molecule has 0 radical (unpaired) electrons. The van der Waals surface area contributed by atoms with Crippen molar-refractivity contribution in [2.75, 3.05) is 7.11 Å². The fourth-order valence-electron chi connectivity index (χ4n) is 2.55. The molecule has 3 aromatic rings. The fraction of sp³-hybridized carbons (Fsp3) is 0.263. The zero-order chi connectivity index (χ0) is 15.4. The summed E-state index contributed by atoms with van der Waals surface area (Å²) in [5.41, 5.74) is 3.16. The molecule has 0 amide bonds. The van der Waals surface area contributed by atoms with Crippen LogP contribution in [0.3, 0.4) is 0 Å². The first-order chi connectivity index (χ1) is 10.8. The van der Waals surface area contributed by atoms with Crippen LogP contribution >= 0.6 is 0 Å². The van der Waals surface area contributed by atoms with E-state index in [0.717, 1.165) is 53.0 Å². The van der Waals surface area contributed by atoms with Gasteiger partial charge in [-0.3, -0.25) is 0 Å². The van der Waals surface area contributed by atoms with Gasteiger partial charge in [-0.05, 0) is 43.2 Å². The fourth-order valence-corrected chi connectivity index (χ4v) is 2.55. The van der Waals surface area contributed by atoms with Gasteiger partial charge >= 0.3 is 0 Å². The number of para-hydroxylation sites is 1. The number of nitrogens with zero attached hydrogens (tertiary/aromatic N) is 2. The number of unbranched alkanes of at least 4 members (excludes halogenated alkanes) is 1. The lowest BCUT2D eigenvalue weighted by Gasteiger charge is -2.09. The number of hydrogen-bond donors (Lipinski definition) is 0. The molecule has 0 aliphatic heterocycles. The average molecular weight is 292 g/mol. The lowest BCUT2D eigenvalue weighted by molar-refractivity contribution is 0.415. The summed E-state index contributed by atoms with van der Waals surface area (Å²) in [6.45, 7) is 2.20. The first kappa shape index (κ1) is 14.5. The number of aromatic nitrogens is 2. The third kappa shape index (κ3) is 2.93. The van der Waals surface area contributed by atoms with E-state index in [2.05, 4.69) is 19.1 Å². The molecule has 0 N–H and O–H groups in total. The van der Waals surface area contributed by atoms with Gasteiger partial charge in [-0.2, -0.15) is 0 Å². The van der Waals surface area contributed by atoms with E-state index in [1.807, 2.05) is 36.4 Å². The van der Waals surface area contributed by atoms with Crippen LogP contribution in [0, 0.1) is 0 Å². The first-order valence-corrected chi connectivity index (χ1v) is 7.72. The van der Waals surface area contributed by atoms with Gasteiger partial charge < -0.3 is 4.74 Å². The van der Waals surface area contributed by atoms with Crippen molar-refractivity contribution in [1.82, 2.24) is 9.97 Å². The molecular weight excluding hydrogens is 272 g/mol. The Bertz CT molecular complexity index is 766. The monoisotopic (exact) mass is 292 g/mol. The summed E-state index contributed by atoms with van der Waals surface area (Å²) in [5.74, 6) is 1.63. The van der Waals surface area contributed by atoms with Crippen molar-refractivity contribution < 1.29 is 4.74 Å². The average Bonchev–Trinajstić information content (AvgIpc) is 2.59. The maximum Gasteiger partial charge on any atom is 0.160 e. The molecule has 0 unspecified atom stereocenters. The van der Waals surface area contributed by atoms with Gasteiger partial charge in [-0.15, -0.1) is 0 Å². The van der Waals surface area contributed by atoms with Crippen molar-refractivity contribution in [3.05, 3.63) is 54.2 Å². The highest BCUT2D eigenvalue weighted by Crippen LogP contribution is 2.24. The summed E-state index contributed by atoms with van der Waals surface area (Å²) in [4.78, 5) is 9.53. The first-order valence-electron chi connectivity index (χ1n) is 7.72. The van der Waals surface area contributed by atoms with Crippen LogP contribution in [0.1, 0.15) is 25.5 Å². The molecule has 0 aliphatic carbocycles. The van der Waals surface area contributed by atoms with Crippen LogP contribution in [0.4, 0.5) is 0 Å². The maximum atomic E-state index is 5.21. The molecule has 3 rings (SSSR count). The number of methoxy groups -OCH3 is 1. The van der Waals surface area contributed by atoms with E-state index in [-0.39, 0.29) is 0 Å². The van der Waals surface area contributed by atoms with E-state index in [9.17, 15) is 0 Å². The Hall–Kier alpha value is -2.42. The molecule has 1 heterocycles. The topological polar surface area (TPSA) is 35.0 Å². The molecule has 1 aromatic heterocycles. The molecular formula is C19H20N2O. The molecule has 0 fully saturated rings. The van der Waals surface area contributed by atoms with Gasteiger partial charge in [0.25, 0.3) is 0 Å². The number of ether oxygens (including phenoxy) is 1. The predicted octanol–water partition coefficient (Wildman–Crippen LogP) is 4.65. The van der Waals surface area contributed by atoms with Gasteiger partial charge in [0.2, 0.25) is 0 Å². The normalized spacial score (nSPS) is 10.8. The number of fused-ring (bicyclic) bond motifs is 1. The zero-order valence-electron chi connectivity index (χ0n) is 13.0. The molecule has 0 aliphatic rings. The van der Waals surface area contributed by atoms with E-state index in [1.165, 1.54) is 0 Å². The van der Waals surface area contributed by atoms with Gasteiger partial charge in [0.15, 0.2) is 5.82 Å². The van der Waals surface area contributed by atoms with E-state index in [0.29, 0.717) is 0 Å². The Kier molecular flexibility index (Phi) is 4.33. The Labute approximate surface area is 131 Å². The van der Waals surface area contributed by atoms with E-state index in [4.69, 9.17) is 14.7 Å². The highest BCUT2D eigenvalue weighted by atomic mass is 16.5. The van der Waals surface area contributed by atoms with Gasteiger partial charge in [0.1, 0.15) is 5.75 Å². The Balaban J connectivity index is 2.08. The highest BCUT2D eigenvalue weighted by molar-refractivity contribution is 5.82. The van der Waals surface area contributed by atoms with Crippen LogP contribution in [0.2, 0.25) is 0 Å². The van der Waals surface area contributed by atoms with Crippen molar-refractivity contribution in [1.29, 1.82) is 0 Å². The van der Waals surface area contributed by atoms with Crippen LogP contribution in [0.5, 0.6) is 5.75 Å². The van der Waals surface area contributed by atoms with Crippen molar-refractivity contribution >= 4 is 10.9 Å². The van der Waals surface area contributed by atoms with Crippen molar-refractivity contribution in [2.45, 2.75) is 26.2 Å². The van der Waals surface area contributed by atoms with Crippen LogP contribution in [-0.2, 0) is 6.42 Å².